The van der Waals surface area contributed by atoms with Gasteiger partial charge in [0.25, 0.3) is 0 Å². The van der Waals surface area contributed by atoms with Crippen LogP contribution in [0.4, 0.5) is 0 Å². The van der Waals surface area contributed by atoms with Gasteiger partial charge in [-0.1, -0.05) is 0 Å². The first kappa shape index (κ1) is 7.03. The monoisotopic (exact) mass is 141 g/mol. The number of rotatable bonds is 1. The van der Waals surface area contributed by atoms with Crippen LogP contribution in [0, 0.1) is 17.2 Å². The summed E-state index contributed by atoms with van der Waals surface area (Å²) in [6, 6.07) is 1.79. The molecule has 10 heavy (non-hydrogen) atoms. The van der Waals surface area contributed by atoms with E-state index < -0.39 is 18.0 Å². The molecule has 0 amide bonds. The Balaban J connectivity index is 2.54. The number of nitrogens with zero attached hydrogens (tertiary/aromatic N) is 1. The minimum Gasteiger partial charge on any atom is -0.459 e. The van der Waals surface area contributed by atoms with E-state index in [1.54, 1.807) is 6.07 Å². The highest BCUT2D eigenvalue weighted by Gasteiger charge is 2.33. The van der Waals surface area contributed by atoms with Crippen LogP contribution >= 0.6 is 0 Å². The van der Waals surface area contributed by atoms with Crippen LogP contribution in [0.3, 0.4) is 0 Å². The smallest absolute Gasteiger partial charge is 0.323 e. The van der Waals surface area contributed by atoms with E-state index in [9.17, 15) is 4.79 Å². The minimum atomic E-state index is -0.669. The fourth-order valence-corrected chi connectivity index (χ4v) is 0.871. The van der Waals surface area contributed by atoms with Gasteiger partial charge in [0, 0.05) is 6.42 Å². The molecule has 1 fully saturated rings. The molecule has 1 rings (SSSR count). The molecule has 0 aliphatic carbocycles. The highest BCUT2D eigenvalue weighted by Crippen LogP contribution is 2.19. The standard InChI is InChI=1S/C6H7NO3/c7-2-4-1-5(3-8)10-6(4)9/h4-5,8H,1,3H2/t4?,5-/m0/s1. The maximum atomic E-state index is 10.6. The Hall–Kier alpha value is -1.08. The second kappa shape index (κ2) is 2.67. The zero-order valence-corrected chi connectivity index (χ0v) is 5.28. The number of cyclic esters (lactones) is 1. The molecule has 4 nitrogen and oxygen atoms in total. The van der Waals surface area contributed by atoms with Gasteiger partial charge < -0.3 is 9.84 Å². The summed E-state index contributed by atoms with van der Waals surface area (Å²) >= 11 is 0. The van der Waals surface area contributed by atoms with E-state index in [4.69, 9.17) is 10.4 Å². The lowest BCUT2D eigenvalue weighted by Crippen LogP contribution is -2.10. The van der Waals surface area contributed by atoms with Crippen molar-refractivity contribution >= 4 is 5.97 Å². The number of esters is 1. The molecule has 4 heteroatoms. The number of carbonyl (C=O) groups is 1. The van der Waals surface area contributed by atoms with Gasteiger partial charge in [-0.25, -0.2) is 0 Å². The molecule has 0 aromatic rings. The van der Waals surface area contributed by atoms with Crippen molar-refractivity contribution in [2.45, 2.75) is 12.5 Å². The summed E-state index contributed by atoms with van der Waals surface area (Å²) in [5, 5.41) is 16.8. The molecule has 1 heterocycles. The van der Waals surface area contributed by atoms with Crippen molar-refractivity contribution in [3.63, 3.8) is 0 Å². The second-order valence-electron chi connectivity index (χ2n) is 2.16. The van der Waals surface area contributed by atoms with Gasteiger partial charge in [0.15, 0.2) is 0 Å². The van der Waals surface area contributed by atoms with E-state index >= 15 is 0 Å². The zero-order valence-electron chi connectivity index (χ0n) is 5.28. The van der Waals surface area contributed by atoms with Crippen LogP contribution in [0.15, 0.2) is 0 Å². The Morgan fingerprint density at radius 2 is 2.60 bits per heavy atom. The summed E-state index contributed by atoms with van der Waals surface area (Å²) in [6.07, 6.45) is -0.136. The van der Waals surface area contributed by atoms with Gasteiger partial charge in [-0.05, 0) is 0 Å². The number of hydrogen-bond acceptors (Lipinski definition) is 4. The van der Waals surface area contributed by atoms with E-state index in [1.165, 1.54) is 0 Å². The van der Waals surface area contributed by atoms with Crippen LogP contribution in [0.5, 0.6) is 0 Å². The number of carbonyl (C=O) groups excluding carboxylic acids is 1. The lowest BCUT2D eigenvalue weighted by Gasteiger charge is -2.00. The van der Waals surface area contributed by atoms with Gasteiger partial charge in [-0.15, -0.1) is 0 Å². The van der Waals surface area contributed by atoms with Crippen molar-refractivity contribution in [2.24, 2.45) is 5.92 Å². The van der Waals surface area contributed by atoms with Gasteiger partial charge >= 0.3 is 5.97 Å². The quantitative estimate of drug-likeness (QED) is 0.496. The maximum Gasteiger partial charge on any atom is 0.323 e. The first-order valence-corrected chi connectivity index (χ1v) is 2.99. The topological polar surface area (TPSA) is 70.3 Å². The predicted molar refractivity (Wildman–Crippen MR) is 30.7 cm³/mol. The average Bonchev–Trinajstić information content (AvgIpc) is 2.30. The molecule has 54 valence electrons. The fraction of sp³-hybridized carbons (Fsp3) is 0.667. The van der Waals surface area contributed by atoms with Gasteiger partial charge in [-0.2, -0.15) is 5.26 Å². The number of aliphatic hydroxyl groups is 1. The highest BCUT2D eigenvalue weighted by atomic mass is 16.6. The van der Waals surface area contributed by atoms with Crippen molar-refractivity contribution in [3.8, 4) is 6.07 Å². The van der Waals surface area contributed by atoms with Crippen LogP contribution in [-0.2, 0) is 9.53 Å². The summed E-state index contributed by atoms with van der Waals surface area (Å²) in [4.78, 5) is 10.6. The minimum absolute atomic E-state index is 0.191. The molecule has 1 saturated heterocycles. The molecule has 1 unspecified atom stereocenters. The summed E-state index contributed by atoms with van der Waals surface area (Å²) in [6.45, 7) is -0.191. The van der Waals surface area contributed by atoms with E-state index in [2.05, 4.69) is 4.74 Å². The van der Waals surface area contributed by atoms with Gasteiger partial charge in [0.05, 0.1) is 12.7 Å². The number of aliphatic hydroxyl groups excluding tert-OH is 1. The summed E-state index contributed by atoms with van der Waals surface area (Å²) in [7, 11) is 0. The van der Waals surface area contributed by atoms with Crippen molar-refractivity contribution in [3.05, 3.63) is 0 Å². The summed E-state index contributed by atoms with van der Waals surface area (Å²) < 4.78 is 4.60. The third kappa shape index (κ3) is 1.09. The van der Waals surface area contributed by atoms with Crippen LogP contribution in [0.25, 0.3) is 0 Å². The lowest BCUT2D eigenvalue weighted by atomic mass is 10.1. The first-order chi connectivity index (χ1) is 4.77. The van der Waals surface area contributed by atoms with Crippen LogP contribution in [-0.4, -0.2) is 23.8 Å². The number of ether oxygens (including phenoxy) is 1. The second-order valence-corrected chi connectivity index (χ2v) is 2.16. The first-order valence-electron chi connectivity index (χ1n) is 2.99. The maximum absolute atomic E-state index is 10.6. The number of nitriles is 1. The molecule has 2 atom stereocenters. The Morgan fingerprint density at radius 1 is 1.90 bits per heavy atom. The Bertz CT molecular complexity index is 184. The molecule has 0 aromatic carbocycles. The Kier molecular flexibility index (Phi) is 1.88. The van der Waals surface area contributed by atoms with Crippen LogP contribution in [0.2, 0.25) is 0 Å². The summed E-state index contributed by atoms with van der Waals surface area (Å²) in [5.41, 5.74) is 0. The SMILES string of the molecule is N#CC1C[C@@H](CO)OC1=O. The van der Waals surface area contributed by atoms with Gasteiger partial charge in [-0.3, -0.25) is 4.79 Å². The normalized spacial score (nSPS) is 31.4. The van der Waals surface area contributed by atoms with Gasteiger partial charge in [0.2, 0.25) is 0 Å². The van der Waals surface area contributed by atoms with Crippen molar-refractivity contribution in [1.82, 2.24) is 0 Å². The third-order valence-electron chi connectivity index (χ3n) is 1.43. The molecular weight excluding hydrogens is 134 g/mol. The predicted octanol–water partition coefficient (Wildman–Crippen LogP) is -0.566. The molecule has 0 radical (unpaired) electrons. The lowest BCUT2D eigenvalue weighted by molar-refractivity contribution is -0.144. The molecule has 0 saturated carbocycles. The molecule has 0 spiro atoms. The molecule has 1 N–H and O–H groups in total. The van der Waals surface area contributed by atoms with E-state index in [-0.39, 0.29) is 6.61 Å². The van der Waals surface area contributed by atoms with E-state index in [0.717, 1.165) is 0 Å². The third-order valence-corrected chi connectivity index (χ3v) is 1.43. The zero-order chi connectivity index (χ0) is 7.56. The van der Waals surface area contributed by atoms with E-state index in [0.29, 0.717) is 6.42 Å². The average molecular weight is 141 g/mol. The van der Waals surface area contributed by atoms with Crippen molar-refractivity contribution < 1.29 is 14.6 Å². The van der Waals surface area contributed by atoms with E-state index in [1.807, 2.05) is 0 Å². The highest BCUT2D eigenvalue weighted by molar-refractivity contribution is 5.77. The Labute approximate surface area is 58.0 Å². The molecule has 0 aromatic heterocycles. The fourth-order valence-electron chi connectivity index (χ4n) is 0.871. The molecular formula is C6H7NO3. The van der Waals surface area contributed by atoms with Crippen LogP contribution in [0.1, 0.15) is 6.42 Å². The van der Waals surface area contributed by atoms with Crippen molar-refractivity contribution in [2.75, 3.05) is 6.61 Å². The van der Waals surface area contributed by atoms with Crippen molar-refractivity contribution in [1.29, 1.82) is 5.26 Å². The van der Waals surface area contributed by atoms with Gasteiger partial charge in [0.1, 0.15) is 12.0 Å². The molecule has 1 aliphatic heterocycles. The summed E-state index contributed by atoms with van der Waals surface area (Å²) in [5.74, 6) is -1.18. The Morgan fingerprint density at radius 3 is 2.90 bits per heavy atom. The largest absolute Gasteiger partial charge is 0.459 e. The van der Waals surface area contributed by atoms with Crippen LogP contribution < -0.4 is 0 Å². The number of hydrogen-bond donors (Lipinski definition) is 1. The molecule has 1 aliphatic rings. The molecule has 0 bridgehead atoms.